The van der Waals surface area contributed by atoms with Crippen molar-refractivity contribution in [3.63, 3.8) is 0 Å². The van der Waals surface area contributed by atoms with Gasteiger partial charge in [-0.1, -0.05) is 26.0 Å². The Hall–Kier alpha value is -3.02. The van der Waals surface area contributed by atoms with Crippen LogP contribution in [0, 0.1) is 5.82 Å². The Morgan fingerprint density at radius 3 is 2.64 bits per heavy atom. The third-order valence-corrected chi connectivity index (χ3v) is 3.95. The summed E-state index contributed by atoms with van der Waals surface area (Å²) in [4.78, 5) is 27.0. The molecule has 0 atom stereocenters. The van der Waals surface area contributed by atoms with Crippen LogP contribution in [-0.2, 0) is 16.1 Å². The zero-order valence-corrected chi connectivity index (χ0v) is 13.9. The fourth-order valence-corrected chi connectivity index (χ4v) is 2.86. The second-order valence-electron chi connectivity index (χ2n) is 5.97. The van der Waals surface area contributed by atoms with Crippen LogP contribution < -0.4 is 5.32 Å². The summed E-state index contributed by atoms with van der Waals surface area (Å²) in [6.07, 6.45) is 3.21. The second kappa shape index (κ2) is 6.84. The number of anilines is 1. The standard InChI is InChI=1S/C19H17FN2O3/c1-11(2)17-14(4-3-9-23)16(12-5-7-13(20)8-6-12)15-10-25-19(24)22-18(15)21-17/h3-9,11H,10H2,1-2H3,(H,21,22,24). The number of amides is 1. The molecule has 1 N–H and O–H groups in total. The molecule has 2 heterocycles. The first-order chi connectivity index (χ1) is 12.0. The van der Waals surface area contributed by atoms with Crippen LogP contribution >= 0.6 is 0 Å². The Morgan fingerprint density at radius 1 is 1.28 bits per heavy atom. The van der Waals surface area contributed by atoms with Gasteiger partial charge in [-0.25, -0.2) is 14.2 Å². The number of allylic oxidation sites excluding steroid dienone is 1. The number of carbonyl (C=O) groups is 2. The van der Waals surface area contributed by atoms with Crippen molar-refractivity contribution in [2.24, 2.45) is 0 Å². The topological polar surface area (TPSA) is 68.3 Å². The first-order valence-electron chi connectivity index (χ1n) is 7.89. The van der Waals surface area contributed by atoms with E-state index >= 15 is 0 Å². The maximum absolute atomic E-state index is 13.3. The Kier molecular flexibility index (Phi) is 4.61. The number of carbonyl (C=O) groups excluding carboxylic acids is 2. The van der Waals surface area contributed by atoms with Crippen LogP contribution in [-0.4, -0.2) is 17.4 Å². The molecular formula is C19H17FN2O3. The maximum atomic E-state index is 13.3. The number of fused-ring (bicyclic) bond motifs is 1. The molecule has 1 aromatic carbocycles. The van der Waals surface area contributed by atoms with Crippen molar-refractivity contribution in [2.45, 2.75) is 26.4 Å². The maximum Gasteiger partial charge on any atom is 0.413 e. The van der Waals surface area contributed by atoms with Gasteiger partial charge in [0.1, 0.15) is 24.5 Å². The summed E-state index contributed by atoms with van der Waals surface area (Å²) in [7, 11) is 0. The number of nitrogens with zero attached hydrogens (tertiary/aromatic N) is 1. The van der Waals surface area contributed by atoms with E-state index in [4.69, 9.17) is 4.74 Å². The van der Waals surface area contributed by atoms with Crippen molar-refractivity contribution < 1.29 is 18.7 Å². The number of hydrogen-bond acceptors (Lipinski definition) is 4. The fourth-order valence-electron chi connectivity index (χ4n) is 2.86. The first kappa shape index (κ1) is 16.8. The molecule has 1 amide bonds. The predicted octanol–water partition coefficient (Wildman–Crippen LogP) is 4.29. The van der Waals surface area contributed by atoms with Gasteiger partial charge >= 0.3 is 6.09 Å². The number of halogens is 1. The van der Waals surface area contributed by atoms with Crippen LogP contribution in [0.2, 0.25) is 0 Å². The molecule has 128 valence electrons. The second-order valence-corrected chi connectivity index (χ2v) is 5.97. The summed E-state index contributed by atoms with van der Waals surface area (Å²) < 4.78 is 18.4. The number of aromatic nitrogens is 1. The summed E-state index contributed by atoms with van der Waals surface area (Å²) in [6, 6.07) is 6.05. The summed E-state index contributed by atoms with van der Waals surface area (Å²) in [5.74, 6) is 0.142. The number of benzene rings is 1. The van der Waals surface area contributed by atoms with Crippen LogP contribution in [0.5, 0.6) is 0 Å². The van der Waals surface area contributed by atoms with Crippen molar-refractivity contribution in [3.05, 3.63) is 53.0 Å². The average molecular weight is 340 g/mol. The molecule has 25 heavy (non-hydrogen) atoms. The fraction of sp³-hybridized carbons (Fsp3) is 0.211. The molecule has 0 saturated heterocycles. The monoisotopic (exact) mass is 340 g/mol. The van der Waals surface area contributed by atoms with E-state index in [2.05, 4.69) is 10.3 Å². The van der Waals surface area contributed by atoms with Gasteiger partial charge in [-0.05, 0) is 35.8 Å². The lowest BCUT2D eigenvalue weighted by Crippen LogP contribution is -2.23. The number of nitrogens with one attached hydrogen (secondary N) is 1. The van der Waals surface area contributed by atoms with Crippen LogP contribution in [0.25, 0.3) is 17.2 Å². The van der Waals surface area contributed by atoms with E-state index in [1.165, 1.54) is 18.2 Å². The molecule has 0 radical (unpaired) electrons. The highest BCUT2D eigenvalue weighted by molar-refractivity contribution is 5.92. The molecular weight excluding hydrogens is 323 g/mol. The molecule has 6 heteroatoms. The highest BCUT2D eigenvalue weighted by Gasteiger charge is 2.26. The van der Waals surface area contributed by atoms with Gasteiger partial charge in [-0.2, -0.15) is 0 Å². The number of hydrogen-bond donors (Lipinski definition) is 1. The average Bonchev–Trinajstić information content (AvgIpc) is 2.59. The van der Waals surface area contributed by atoms with E-state index in [1.807, 2.05) is 13.8 Å². The smallest absolute Gasteiger partial charge is 0.413 e. The highest BCUT2D eigenvalue weighted by Crippen LogP contribution is 2.38. The minimum Gasteiger partial charge on any atom is -0.444 e. The van der Waals surface area contributed by atoms with Crippen molar-refractivity contribution in [2.75, 3.05) is 5.32 Å². The lowest BCUT2D eigenvalue weighted by Gasteiger charge is -2.24. The van der Waals surface area contributed by atoms with Gasteiger partial charge in [0.15, 0.2) is 0 Å². The van der Waals surface area contributed by atoms with E-state index in [1.54, 1.807) is 18.2 Å². The number of cyclic esters (lactones) is 1. The zero-order valence-electron chi connectivity index (χ0n) is 13.9. The minimum absolute atomic E-state index is 0.0514. The molecule has 0 unspecified atom stereocenters. The molecule has 0 spiro atoms. The van der Waals surface area contributed by atoms with Crippen molar-refractivity contribution >= 4 is 24.3 Å². The lowest BCUT2D eigenvalue weighted by atomic mass is 9.90. The summed E-state index contributed by atoms with van der Waals surface area (Å²) in [5.41, 5.74) is 3.71. The largest absolute Gasteiger partial charge is 0.444 e. The quantitative estimate of drug-likeness (QED) is 0.666. The van der Waals surface area contributed by atoms with Crippen molar-refractivity contribution in [1.82, 2.24) is 4.98 Å². The Morgan fingerprint density at radius 2 is 2.00 bits per heavy atom. The van der Waals surface area contributed by atoms with Gasteiger partial charge in [0.05, 0.1) is 5.69 Å². The Balaban J connectivity index is 2.34. The third-order valence-electron chi connectivity index (χ3n) is 3.95. The van der Waals surface area contributed by atoms with E-state index in [-0.39, 0.29) is 18.3 Å². The van der Waals surface area contributed by atoms with E-state index < -0.39 is 6.09 Å². The normalized spacial score (nSPS) is 13.5. The summed E-state index contributed by atoms with van der Waals surface area (Å²) >= 11 is 0. The number of pyridine rings is 1. The molecule has 0 aliphatic carbocycles. The molecule has 2 aromatic rings. The third kappa shape index (κ3) is 3.28. The Labute approximate surface area is 144 Å². The number of aldehydes is 1. The molecule has 1 aromatic heterocycles. The highest BCUT2D eigenvalue weighted by atomic mass is 19.1. The molecule has 5 nitrogen and oxygen atoms in total. The van der Waals surface area contributed by atoms with Crippen LogP contribution in [0.4, 0.5) is 15.0 Å². The first-order valence-corrected chi connectivity index (χ1v) is 7.89. The van der Waals surface area contributed by atoms with Crippen molar-refractivity contribution in [3.8, 4) is 11.1 Å². The van der Waals surface area contributed by atoms with Gasteiger partial charge in [-0.15, -0.1) is 0 Å². The molecule has 0 saturated carbocycles. The van der Waals surface area contributed by atoms with E-state index in [0.29, 0.717) is 17.7 Å². The van der Waals surface area contributed by atoms with E-state index in [9.17, 15) is 14.0 Å². The van der Waals surface area contributed by atoms with Crippen molar-refractivity contribution in [1.29, 1.82) is 0 Å². The van der Waals surface area contributed by atoms with Gasteiger partial charge in [0.2, 0.25) is 0 Å². The number of rotatable bonds is 4. The molecule has 3 rings (SSSR count). The van der Waals surface area contributed by atoms with Gasteiger partial charge in [0.25, 0.3) is 0 Å². The van der Waals surface area contributed by atoms with Crippen LogP contribution in [0.3, 0.4) is 0 Å². The predicted molar refractivity (Wildman–Crippen MR) is 92.6 cm³/mol. The summed E-state index contributed by atoms with van der Waals surface area (Å²) in [5, 5.41) is 2.62. The minimum atomic E-state index is -0.559. The SMILES string of the molecule is CC(C)c1nc2c(c(-c3ccc(F)cc3)c1C=CC=O)COC(=O)N2. The number of ether oxygens (including phenoxy) is 1. The lowest BCUT2D eigenvalue weighted by molar-refractivity contribution is -0.104. The van der Waals surface area contributed by atoms with E-state index in [0.717, 1.165) is 22.4 Å². The zero-order chi connectivity index (χ0) is 18.0. The van der Waals surface area contributed by atoms with Gasteiger partial charge in [0, 0.05) is 16.7 Å². The molecule has 1 aliphatic heterocycles. The molecule has 0 bridgehead atoms. The van der Waals surface area contributed by atoms with Gasteiger partial charge in [-0.3, -0.25) is 10.1 Å². The van der Waals surface area contributed by atoms with Crippen LogP contribution in [0.1, 0.15) is 36.6 Å². The van der Waals surface area contributed by atoms with Crippen LogP contribution in [0.15, 0.2) is 30.3 Å². The summed E-state index contributed by atoms with van der Waals surface area (Å²) in [6.45, 7) is 4.01. The van der Waals surface area contributed by atoms with Gasteiger partial charge < -0.3 is 4.74 Å². The Bertz CT molecular complexity index is 858. The molecule has 0 fully saturated rings. The molecule has 1 aliphatic rings.